The van der Waals surface area contributed by atoms with Crippen LogP contribution < -0.4 is 0 Å². The van der Waals surface area contributed by atoms with Crippen LogP contribution in [0, 0.1) is 0 Å². The molecule has 2 N–H and O–H groups in total. The first-order chi connectivity index (χ1) is 11.0. The van der Waals surface area contributed by atoms with E-state index in [2.05, 4.69) is 0 Å². The molecule has 0 saturated carbocycles. The summed E-state index contributed by atoms with van der Waals surface area (Å²) in [6.45, 7) is 1.59. The molecule has 23 heavy (non-hydrogen) atoms. The predicted octanol–water partition coefficient (Wildman–Crippen LogP) is 3.28. The Morgan fingerprint density at radius 1 is 0.957 bits per heavy atom. The van der Waals surface area contributed by atoms with E-state index < -0.39 is 12.1 Å². The van der Waals surface area contributed by atoms with E-state index in [0.29, 0.717) is 16.7 Å². The van der Waals surface area contributed by atoms with Crippen molar-refractivity contribution < 1.29 is 24.5 Å². The number of ether oxygens (including phenoxy) is 2. The van der Waals surface area contributed by atoms with E-state index in [9.17, 15) is 15.0 Å². The van der Waals surface area contributed by atoms with E-state index in [1.54, 1.807) is 31.2 Å². The van der Waals surface area contributed by atoms with Crippen LogP contribution in [0.1, 0.15) is 24.2 Å². The molecule has 120 valence electrons. The maximum Gasteiger partial charge on any atom is 0.337 e. The standard InChI is InChI=1S/C18H18O5/c1-12(11-22-2)18(21)23-17(13-3-7-15(19)8-4-13)14-5-9-16(20)10-6-14/h3-11,17,19-20H,1-2H3/b12-11+. The van der Waals surface area contributed by atoms with E-state index >= 15 is 0 Å². The van der Waals surface area contributed by atoms with Gasteiger partial charge in [-0.05, 0) is 42.3 Å². The van der Waals surface area contributed by atoms with Crippen molar-refractivity contribution in [3.8, 4) is 11.5 Å². The molecular formula is C18H18O5. The zero-order valence-corrected chi connectivity index (χ0v) is 12.9. The van der Waals surface area contributed by atoms with Gasteiger partial charge in [0.05, 0.1) is 18.9 Å². The highest BCUT2D eigenvalue weighted by atomic mass is 16.5. The third kappa shape index (κ3) is 4.26. The van der Waals surface area contributed by atoms with E-state index in [1.807, 2.05) is 0 Å². The highest BCUT2D eigenvalue weighted by molar-refractivity contribution is 5.87. The minimum Gasteiger partial charge on any atom is -0.508 e. The number of phenolic OH excluding ortho intramolecular Hbond substituents is 2. The number of benzene rings is 2. The van der Waals surface area contributed by atoms with Crippen LogP contribution in [0.3, 0.4) is 0 Å². The number of methoxy groups -OCH3 is 1. The maximum absolute atomic E-state index is 12.2. The fraction of sp³-hybridized carbons (Fsp3) is 0.167. The van der Waals surface area contributed by atoms with E-state index in [4.69, 9.17) is 9.47 Å². The lowest BCUT2D eigenvalue weighted by atomic mass is 10.0. The number of esters is 1. The largest absolute Gasteiger partial charge is 0.508 e. The molecule has 0 heterocycles. The molecule has 0 fully saturated rings. The molecular weight excluding hydrogens is 296 g/mol. The van der Waals surface area contributed by atoms with Gasteiger partial charge in [-0.25, -0.2) is 4.79 Å². The molecule has 2 aromatic carbocycles. The Labute approximate surface area is 134 Å². The van der Waals surface area contributed by atoms with Crippen LogP contribution in [-0.2, 0) is 14.3 Å². The lowest BCUT2D eigenvalue weighted by Crippen LogP contribution is -2.13. The summed E-state index contributed by atoms with van der Waals surface area (Å²) < 4.78 is 10.4. The number of carbonyl (C=O) groups excluding carboxylic acids is 1. The van der Waals surface area contributed by atoms with Gasteiger partial charge in [-0.3, -0.25) is 0 Å². The zero-order chi connectivity index (χ0) is 16.8. The second-order valence-electron chi connectivity index (χ2n) is 5.00. The highest BCUT2D eigenvalue weighted by Crippen LogP contribution is 2.29. The number of carbonyl (C=O) groups is 1. The average molecular weight is 314 g/mol. The van der Waals surface area contributed by atoms with E-state index in [0.717, 1.165) is 0 Å². The molecule has 2 aromatic rings. The Morgan fingerprint density at radius 2 is 1.39 bits per heavy atom. The molecule has 0 atom stereocenters. The van der Waals surface area contributed by atoms with Crippen LogP contribution >= 0.6 is 0 Å². The lowest BCUT2D eigenvalue weighted by molar-refractivity contribution is -0.142. The van der Waals surface area contributed by atoms with Gasteiger partial charge in [-0.15, -0.1) is 0 Å². The molecule has 0 aliphatic rings. The number of rotatable bonds is 5. The molecule has 0 aromatic heterocycles. The molecule has 0 aliphatic heterocycles. The van der Waals surface area contributed by atoms with Crippen molar-refractivity contribution in [2.75, 3.05) is 7.11 Å². The van der Waals surface area contributed by atoms with Crippen molar-refractivity contribution in [3.05, 3.63) is 71.5 Å². The third-order valence-electron chi connectivity index (χ3n) is 3.23. The number of aromatic hydroxyl groups is 2. The van der Waals surface area contributed by atoms with Crippen molar-refractivity contribution in [1.82, 2.24) is 0 Å². The average Bonchev–Trinajstić information content (AvgIpc) is 2.54. The first-order valence-corrected chi connectivity index (χ1v) is 6.99. The van der Waals surface area contributed by atoms with Crippen LogP contribution in [0.2, 0.25) is 0 Å². The molecule has 0 amide bonds. The van der Waals surface area contributed by atoms with Crippen molar-refractivity contribution in [1.29, 1.82) is 0 Å². The van der Waals surface area contributed by atoms with E-state index in [-0.39, 0.29) is 11.5 Å². The molecule has 5 heteroatoms. The summed E-state index contributed by atoms with van der Waals surface area (Å²) >= 11 is 0. The lowest BCUT2D eigenvalue weighted by Gasteiger charge is -2.19. The monoisotopic (exact) mass is 314 g/mol. The molecule has 0 spiro atoms. The van der Waals surface area contributed by atoms with Crippen LogP contribution in [0.15, 0.2) is 60.4 Å². The topological polar surface area (TPSA) is 76.0 Å². The van der Waals surface area contributed by atoms with Crippen LogP contribution in [0.25, 0.3) is 0 Å². The van der Waals surface area contributed by atoms with Gasteiger partial charge in [0.15, 0.2) is 6.10 Å². The minimum atomic E-state index is -0.663. The Bertz CT molecular complexity index is 641. The normalized spacial score (nSPS) is 11.3. The van der Waals surface area contributed by atoms with Crippen molar-refractivity contribution in [2.45, 2.75) is 13.0 Å². The van der Waals surface area contributed by atoms with Crippen molar-refractivity contribution >= 4 is 5.97 Å². The van der Waals surface area contributed by atoms with Gasteiger partial charge >= 0.3 is 5.97 Å². The minimum absolute atomic E-state index is 0.125. The van der Waals surface area contributed by atoms with Gasteiger partial charge in [-0.2, -0.15) is 0 Å². The molecule has 0 bridgehead atoms. The summed E-state index contributed by atoms with van der Waals surface area (Å²) in [6.07, 6.45) is 0.649. The van der Waals surface area contributed by atoms with E-state index in [1.165, 1.54) is 37.6 Å². The molecule has 0 aliphatic carbocycles. The maximum atomic E-state index is 12.2. The molecule has 0 radical (unpaired) electrons. The summed E-state index contributed by atoms with van der Waals surface area (Å²) in [5, 5.41) is 18.8. The van der Waals surface area contributed by atoms with Crippen LogP contribution in [0.4, 0.5) is 0 Å². The second kappa shape index (κ2) is 7.35. The number of phenols is 2. The molecule has 5 nitrogen and oxygen atoms in total. The summed E-state index contributed by atoms with van der Waals surface area (Å²) in [7, 11) is 1.45. The Hall–Kier alpha value is -2.95. The number of hydrogen-bond donors (Lipinski definition) is 2. The van der Waals surface area contributed by atoms with Gasteiger partial charge in [0.2, 0.25) is 0 Å². The summed E-state index contributed by atoms with van der Waals surface area (Å²) in [5.41, 5.74) is 1.73. The van der Waals surface area contributed by atoms with Gasteiger partial charge in [0, 0.05) is 0 Å². The van der Waals surface area contributed by atoms with Gasteiger partial charge in [0.1, 0.15) is 11.5 Å². The smallest absolute Gasteiger partial charge is 0.337 e. The Kier molecular flexibility index (Phi) is 5.25. The molecule has 0 unspecified atom stereocenters. The van der Waals surface area contributed by atoms with Gasteiger partial charge in [-0.1, -0.05) is 24.3 Å². The fourth-order valence-corrected chi connectivity index (χ4v) is 2.05. The van der Waals surface area contributed by atoms with Crippen molar-refractivity contribution in [3.63, 3.8) is 0 Å². The predicted molar refractivity (Wildman–Crippen MR) is 84.9 cm³/mol. The second-order valence-corrected chi connectivity index (χ2v) is 5.00. The fourth-order valence-electron chi connectivity index (χ4n) is 2.05. The summed E-state index contributed by atoms with van der Waals surface area (Å²) in [4.78, 5) is 12.2. The van der Waals surface area contributed by atoms with Crippen molar-refractivity contribution in [2.24, 2.45) is 0 Å². The highest BCUT2D eigenvalue weighted by Gasteiger charge is 2.20. The number of hydrogen-bond acceptors (Lipinski definition) is 5. The third-order valence-corrected chi connectivity index (χ3v) is 3.23. The van der Waals surface area contributed by atoms with Crippen LogP contribution in [-0.4, -0.2) is 23.3 Å². The zero-order valence-electron chi connectivity index (χ0n) is 12.9. The first kappa shape index (κ1) is 16.4. The Morgan fingerprint density at radius 3 is 1.78 bits per heavy atom. The SMILES string of the molecule is CO/C=C(\C)C(=O)OC(c1ccc(O)cc1)c1ccc(O)cc1. The van der Waals surface area contributed by atoms with Gasteiger partial charge < -0.3 is 19.7 Å². The summed E-state index contributed by atoms with van der Waals surface area (Å²) in [5.74, 6) is -0.266. The van der Waals surface area contributed by atoms with Gasteiger partial charge in [0.25, 0.3) is 0 Å². The molecule has 0 saturated heterocycles. The summed E-state index contributed by atoms with van der Waals surface area (Å²) in [6, 6.07) is 12.8. The Balaban J connectivity index is 2.35. The quantitative estimate of drug-likeness (QED) is 0.503. The first-order valence-electron chi connectivity index (χ1n) is 6.99. The van der Waals surface area contributed by atoms with Crippen LogP contribution in [0.5, 0.6) is 11.5 Å². The molecule has 2 rings (SSSR count).